The van der Waals surface area contributed by atoms with Crippen molar-refractivity contribution in [3.8, 4) is 11.3 Å². The fourth-order valence-electron chi connectivity index (χ4n) is 2.59. The second-order valence-electron chi connectivity index (χ2n) is 5.21. The summed E-state index contributed by atoms with van der Waals surface area (Å²) in [6.45, 7) is 3.75. The van der Waals surface area contributed by atoms with Gasteiger partial charge in [0.1, 0.15) is 11.4 Å². The van der Waals surface area contributed by atoms with Crippen LogP contribution in [0.3, 0.4) is 0 Å². The maximum absolute atomic E-state index is 5.69. The molecule has 1 aromatic heterocycles. The second-order valence-corrected chi connectivity index (χ2v) is 5.21. The van der Waals surface area contributed by atoms with Gasteiger partial charge in [-0.15, -0.1) is 0 Å². The number of hydrogen-bond donors (Lipinski definition) is 2. The van der Waals surface area contributed by atoms with Gasteiger partial charge in [-0.3, -0.25) is 0 Å². The maximum Gasteiger partial charge on any atom is 0.117 e. The van der Waals surface area contributed by atoms with Crippen molar-refractivity contribution < 1.29 is 4.74 Å². The predicted octanol–water partition coefficient (Wildman–Crippen LogP) is 2.13. The minimum atomic E-state index is 0.321. The van der Waals surface area contributed by atoms with Crippen LogP contribution in [-0.4, -0.2) is 34.2 Å². The van der Waals surface area contributed by atoms with Gasteiger partial charge >= 0.3 is 0 Å². The van der Waals surface area contributed by atoms with Crippen LogP contribution < -0.4 is 5.32 Å². The van der Waals surface area contributed by atoms with Crippen LogP contribution in [0.4, 0.5) is 0 Å². The molecule has 106 valence electrons. The zero-order valence-electron chi connectivity index (χ0n) is 11.7. The van der Waals surface area contributed by atoms with Gasteiger partial charge in [-0.2, -0.15) is 15.4 Å². The van der Waals surface area contributed by atoms with Gasteiger partial charge in [-0.25, -0.2) is 0 Å². The summed E-state index contributed by atoms with van der Waals surface area (Å²) in [6.07, 6.45) is 2.62. The van der Waals surface area contributed by atoms with Crippen molar-refractivity contribution in [2.45, 2.75) is 38.5 Å². The van der Waals surface area contributed by atoms with Crippen LogP contribution in [0.15, 0.2) is 30.3 Å². The summed E-state index contributed by atoms with van der Waals surface area (Å²) in [7, 11) is 0. The molecule has 20 heavy (non-hydrogen) atoms. The van der Waals surface area contributed by atoms with Crippen molar-refractivity contribution in [2.24, 2.45) is 0 Å². The minimum Gasteiger partial charge on any atom is -0.377 e. The van der Waals surface area contributed by atoms with Gasteiger partial charge in [-0.1, -0.05) is 30.3 Å². The van der Waals surface area contributed by atoms with E-state index >= 15 is 0 Å². The van der Waals surface area contributed by atoms with Gasteiger partial charge in [0, 0.05) is 24.8 Å². The lowest BCUT2D eigenvalue weighted by atomic mass is 10.1. The quantitative estimate of drug-likeness (QED) is 0.875. The number of nitrogens with zero attached hydrogens (tertiary/aromatic N) is 2. The van der Waals surface area contributed by atoms with Gasteiger partial charge < -0.3 is 10.1 Å². The fraction of sp³-hybridized carbons (Fsp3) is 0.467. The number of rotatable bonds is 5. The van der Waals surface area contributed by atoms with E-state index < -0.39 is 0 Å². The molecule has 3 rings (SSSR count). The van der Waals surface area contributed by atoms with Crippen LogP contribution in [0.1, 0.15) is 25.5 Å². The van der Waals surface area contributed by atoms with Crippen molar-refractivity contribution in [2.75, 3.05) is 6.61 Å². The van der Waals surface area contributed by atoms with E-state index in [0.717, 1.165) is 36.4 Å². The first kappa shape index (κ1) is 13.3. The molecular formula is C15H20N4O. The van der Waals surface area contributed by atoms with Gasteiger partial charge in [0.2, 0.25) is 0 Å². The topological polar surface area (TPSA) is 62.8 Å². The Hall–Kier alpha value is -1.72. The van der Waals surface area contributed by atoms with E-state index in [1.807, 2.05) is 30.3 Å². The van der Waals surface area contributed by atoms with E-state index in [9.17, 15) is 0 Å². The lowest BCUT2D eigenvalue weighted by molar-refractivity contribution is 0.0831. The largest absolute Gasteiger partial charge is 0.377 e. The first-order chi connectivity index (χ1) is 9.84. The Bertz CT molecular complexity index is 534. The molecule has 1 aromatic carbocycles. The normalized spacial score (nSPS) is 20.1. The highest BCUT2D eigenvalue weighted by Crippen LogP contribution is 2.20. The molecule has 5 heteroatoms. The Morgan fingerprint density at radius 3 is 2.95 bits per heavy atom. The van der Waals surface area contributed by atoms with Crippen molar-refractivity contribution in [3.05, 3.63) is 36.0 Å². The molecule has 1 saturated heterocycles. The number of ether oxygens (including phenoxy) is 1. The first-order valence-corrected chi connectivity index (χ1v) is 7.14. The van der Waals surface area contributed by atoms with Gasteiger partial charge in [0.05, 0.1) is 6.10 Å². The summed E-state index contributed by atoms with van der Waals surface area (Å²) in [5, 5.41) is 14.7. The number of aromatic amines is 1. The molecule has 0 saturated carbocycles. The third-order valence-electron chi connectivity index (χ3n) is 3.78. The Morgan fingerprint density at radius 2 is 2.20 bits per heavy atom. The molecule has 0 spiro atoms. The van der Waals surface area contributed by atoms with Crippen molar-refractivity contribution in [1.82, 2.24) is 20.7 Å². The van der Waals surface area contributed by atoms with E-state index in [-0.39, 0.29) is 0 Å². The van der Waals surface area contributed by atoms with E-state index in [1.54, 1.807) is 0 Å². The molecular weight excluding hydrogens is 252 g/mol. The number of benzene rings is 1. The molecule has 1 fully saturated rings. The van der Waals surface area contributed by atoms with Crippen LogP contribution in [0.25, 0.3) is 11.3 Å². The number of hydrogen-bond acceptors (Lipinski definition) is 4. The third-order valence-corrected chi connectivity index (χ3v) is 3.78. The molecule has 0 aliphatic carbocycles. The predicted molar refractivity (Wildman–Crippen MR) is 77.1 cm³/mol. The average molecular weight is 272 g/mol. The third kappa shape index (κ3) is 2.89. The fourth-order valence-corrected chi connectivity index (χ4v) is 2.59. The number of H-pyrrole nitrogens is 1. The molecule has 0 amide bonds. The number of nitrogens with one attached hydrogen (secondary N) is 2. The van der Waals surface area contributed by atoms with E-state index in [0.29, 0.717) is 18.7 Å². The lowest BCUT2D eigenvalue weighted by Gasteiger charge is -2.19. The molecule has 2 aromatic rings. The van der Waals surface area contributed by atoms with Crippen LogP contribution in [0, 0.1) is 0 Å². The molecule has 5 nitrogen and oxygen atoms in total. The molecule has 2 unspecified atom stereocenters. The highest BCUT2D eigenvalue weighted by atomic mass is 16.5. The standard InChI is InChI=1S/C15H20N4O/c1-11(14-8-5-9-20-14)16-10-13-15(18-19-17-13)12-6-3-2-4-7-12/h2-4,6-7,11,14,16H,5,8-10H2,1H3,(H,17,18,19). The molecule has 1 aliphatic rings. The Labute approximate surface area is 118 Å². The lowest BCUT2D eigenvalue weighted by Crippen LogP contribution is -2.36. The monoisotopic (exact) mass is 272 g/mol. The van der Waals surface area contributed by atoms with Gasteiger partial charge in [-0.05, 0) is 19.8 Å². The number of aromatic nitrogens is 3. The zero-order valence-corrected chi connectivity index (χ0v) is 11.7. The van der Waals surface area contributed by atoms with E-state index in [2.05, 4.69) is 27.7 Å². The van der Waals surface area contributed by atoms with Crippen LogP contribution in [0.2, 0.25) is 0 Å². The van der Waals surface area contributed by atoms with Crippen LogP contribution in [0.5, 0.6) is 0 Å². The second kappa shape index (κ2) is 6.15. The Balaban J connectivity index is 1.65. The Morgan fingerprint density at radius 1 is 1.35 bits per heavy atom. The summed E-state index contributed by atoms with van der Waals surface area (Å²) in [5.74, 6) is 0. The molecule has 2 heterocycles. The van der Waals surface area contributed by atoms with Crippen molar-refractivity contribution in [1.29, 1.82) is 0 Å². The summed E-state index contributed by atoms with van der Waals surface area (Å²) in [6, 6.07) is 10.4. The molecule has 0 bridgehead atoms. The minimum absolute atomic E-state index is 0.321. The van der Waals surface area contributed by atoms with Crippen LogP contribution >= 0.6 is 0 Å². The van der Waals surface area contributed by atoms with Gasteiger partial charge in [0.15, 0.2) is 0 Å². The highest BCUT2D eigenvalue weighted by molar-refractivity contribution is 5.60. The SMILES string of the molecule is CC(NCc1n[nH]nc1-c1ccccc1)C1CCCO1. The Kier molecular flexibility index (Phi) is 4.08. The molecule has 2 atom stereocenters. The smallest absolute Gasteiger partial charge is 0.117 e. The van der Waals surface area contributed by atoms with E-state index in [4.69, 9.17) is 4.74 Å². The van der Waals surface area contributed by atoms with E-state index in [1.165, 1.54) is 0 Å². The molecule has 0 radical (unpaired) electrons. The average Bonchev–Trinajstić information content (AvgIpc) is 3.17. The summed E-state index contributed by atoms with van der Waals surface area (Å²) >= 11 is 0. The highest BCUT2D eigenvalue weighted by Gasteiger charge is 2.22. The summed E-state index contributed by atoms with van der Waals surface area (Å²) in [5.41, 5.74) is 2.95. The molecule has 1 aliphatic heterocycles. The summed E-state index contributed by atoms with van der Waals surface area (Å²) < 4.78 is 5.69. The van der Waals surface area contributed by atoms with Gasteiger partial charge in [0.25, 0.3) is 0 Å². The van der Waals surface area contributed by atoms with Crippen molar-refractivity contribution in [3.63, 3.8) is 0 Å². The summed E-state index contributed by atoms with van der Waals surface area (Å²) in [4.78, 5) is 0. The van der Waals surface area contributed by atoms with Crippen LogP contribution in [-0.2, 0) is 11.3 Å². The maximum atomic E-state index is 5.69. The van der Waals surface area contributed by atoms with Crippen molar-refractivity contribution >= 4 is 0 Å². The zero-order chi connectivity index (χ0) is 13.8. The first-order valence-electron chi connectivity index (χ1n) is 7.14. The molecule has 2 N–H and O–H groups in total.